The molecular weight excluding hydrogens is 387 g/mol. The number of aryl methyl sites for hydroxylation is 2. The van der Waals surface area contributed by atoms with Gasteiger partial charge in [0, 0.05) is 21.7 Å². The van der Waals surface area contributed by atoms with Crippen LogP contribution in [0.5, 0.6) is 0 Å². The van der Waals surface area contributed by atoms with Crippen LogP contribution < -0.4 is 5.32 Å². The van der Waals surface area contributed by atoms with Crippen LogP contribution in [0.3, 0.4) is 0 Å². The van der Waals surface area contributed by atoms with Crippen LogP contribution in [-0.4, -0.2) is 16.8 Å². The molecule has 0 aliphatic heterocycles. The quantitative estimate of drug-likeness (QED) is 0.608. The number of hydrogen-bond acceptors (Lipinski definition) is 4. The first-order chi connectivity index (χ1) is 12.9. The summed E-state index contributed by atoms with van der Waals surface area (Å²) in [6, 6.07) is 11.4. The fourth-order valence-corrected chi connectivity index (χ4v) is 3.11. The van der Waals surface area contributed by atoms with Crippen LogP contribution >= 0.6 is 23.2 Å². The molecule has 0 spiro atoms. The predicted octanol–water partition coefficient (Wildman–Crippen LogP) is 5.01. The number of carbonyl (C=O) groups excluding carboxylic acids is 2. The topological polar surface area (TPSA) is 72.2 Å². The zero-order valence-corrected chi connectivity index (χ0v) is 16.2. The fraction of sp³-hybridized carbons (Fsp3) is 0.150. The van der Waals surface area contributed by atoms with Gasteiger partial charge in [0.15, 0.2) is 5.78 Å². The van der Waals surface area contributed by atoms with Gasteiger partial charge in [0.2, 0.25) is 5.91 Å². The number of aromatic nitrogens is 1. The van der Waals surface area contributed by atoms with E-state index in [1.165, 1.54) is 6.07 Å². The molecular formula is C20H16Cl2N2O3. The van der Waals surface area contributed by atoms with Gasteiger partial charge in [0.25, 0.3) is 0 Å². The van der Waals surface area contributed by atoms with Gasteiger partial charge in [-0.3, -0.25) is 9.59 Å². The second-order valence-corrected chi connectivity index (χ2v) is 6.87. The molecule has 0 bridgehead atoms. The number of amides is 1. The maximum Gasteiger partial charge on any atom is 0.229 e. The normalized spacial score (nSPS) is 10.7. The van der Waals surface area contributed by atoms with Crippen molar-refractivity contribution < 1.29 is 14.1 Å². The number of ketones is 1. The van der Waals surface area contributed by atoms with Crippen LogP contribution in [0.2, 0.25) is 10.0 Å². The van der Waals surface area contributed by atoms with Crippen molar-refractivity contribution in [3.8, 4) is 0 Å². The monoisotopic (exact) mass is 402 g/mol. The molecule has 0 atom stereocenters. The number of carbonyl (C=O) groups is 2. The second kappa shape index (κ2) is 7.94. The van der Waals surface area contributed by atoms with Crippen molar-refractivity contribution >= 4 is 40.6 Å². The molecule has 1 heterocycles. The van der Waals surface area contributed by atoms with Gasteiger partial charge in [0.05, 0.1) is 22.8 Å². The molecule has 1 aromatic heterocycles. The van der Waals surface area contributed by atoms with E-state index >= 15 is 0 Å². The van der Waals surface area contributed by atoms with E-state index in [0.717, 1.165) is 5.56 Å². The molecule has 3 aromatic rings. The minimum absolute atomic E-state index is 0.0868. The first kappa shape index (κ1) is 19.1. The van der Waals surface area contributed by atoms with Crippen LogP contribution in [0.15, 0.2) is 47.0 Å². The summed E-state index contributed by atoms with van der Waals surface area (Å²) in [5.41, 5.74) is 2.35. The molecule has 0 saturated heterocycles. The Labute approximate surface area is 166 Å². The SMILES string of the molecule is Cc1noc(C)c1CC(=O)Nc1ccc(Cl)cc1C(=O)c1ccccc1Cl. The van der Waals surface area contributed by atoms with Gasteiger partial charge in [0.1, 0.15) is 5.76 Å². The molecule has 0 saturated carbocycles. The van der Waals surface area contributed by atoms with Gasteiger partial charge in [-0.05, 0) is 44.2 Å². The molecule has 0 aliphatic rings. The highest BCUT2D eigenvalue weighted by Gasteiger charge is 2.19. The Kier molecular flexibility index (Phi) is 5.63. The van der Waals surface area contributed by atoms with Crippen LogP contribution in [0.1, 0.15) is 32.9 Å². The maximum atomic E-state index is 12.9. The van der Waals surface area contributed by atoms with E-state index in [4.69, 9.17) is 27.7 Å². The van der Waals surface area contributed by atoms with E-state index in [2.05, 4.69) is 10.5 Å². The van der Waals surface area contributed by atoms with Crippen LogP contribution in [0.25, 0.3) is 0 Å². The Morgan fingerprint density at radius 1 is 1.07 bits per heavy atom. The van der Waals surface area contributed by atoms with Crippen molar-refractivity contribution in [3.63, 3.8) is 0 Å². The standard InChI is InChI=1S/C20H16Cl2N2O3/c1-11-15(12(2)27-24-11)10-19(25)23-18-8-7-13(21)9-16(18)20(26)14-5-3-4-6-17(14)22/h3-9H,10H2,1-2H3,(H,23,25). The van der Waals surface area contributed by atoms with E-state index in [-0.39, 0.29) is 23.7 Å². The van der Waals surface area contributed by atoms with Gasteiger partial charge in [-0.2, -0.15) is 0 Å². The van der Waals surface area contributed by atoms with E-state index < -0.39 is 0 Å². The van der Waals surface area contributed by atoms with Gasteiger partial charge in [-0.1, -0.05) is 40.5 Å². The van der Waals surface area contributed by atoms with E-state index in [1.807, 2.05) is 0 Å². The van der Waals surface area contributed by atoms with Gasteiger partial charge >= 0.3 is 0 Å². The lowest BCUT2D eigenvalue weighted by Crippen LogP contribution is -2.18. The maximum absolute atomic E-state index is 12.9. The molecule has 0 aliphatic carbocycles. The third-order valence-electron chi connectivity index (χ3n) is 4.14. The van der Waals surface area contributed by atoms with Crippen molar-refractivity contribution in [2.45, 2.75) is 20.3 Å². The number of halogens is 2. The minimum Gasteiger partial charge on any atom is -0.361 e. The largest absolute Gasteiger partial charge is 0.361 e. The van der Waals surface area contributed by atoms with Gasteiger partial charge in [-0.15, -0.1) is 0 Å². The average molecular weight is 403 g/mol. The number of rotatable bonds is 5. The Morgan fingerprint density at radius 3 is 2.48 bits per heavy atom. The average Bonchev–Trinajstić information content (AvgIpc) is 2.95. The Morgan fingerprint density at radius 2 is 1.81 bits per heavy atom. The van der Waals surface area contributed by atoms with Crippen molar-refractivity contribution in [1.29, 1.82) is 0 Å². The number of anilines is 1. The number of benzene rings is 2. The summed E-state index contributed by atoms with van der Waals surface area (Å²) in [6.45, 7) is 3.52. The summed E-state index contributed by atoms with van der Waals surface area (Å²) in [5, 5.41) is 7.32. The highest BCUT2D eigenvalue weighted by Crippen LogP contribution is 2.27. The highest BCUT2D eigenvalue weighted by molar-refractivity contribution is 6.36. The molecule has 7 heteroatoms. The lowest BCUT2D eigenvalue weighted by Gasteiger charge is -2.12. The molecule has 1 amide bonds. The molecule has 1 N–H and O–H groups in total. The summed E-state index contributed by atoms with van der Waals surface area (Å²) >= 11 is 12.2. The summed E-state index contributed by atoms with van der Waals surface area (Å²) < 4.78 is 5.08. The summed E-state index contributed by atoms with van der Waals surface area (Å²) in [5.74, 6) is -0.0261. The molecule has 27 heavy (non-hydrogen) atoms. The zero-order valence-electron chi connectivity index (χ0n) is 14.7. The molecule has 0 radical (unpaired) electrons. The molecule has 0 fully saturated rings. The van der Waals surface area contributed by atoms with Gasteiger partial charge < -0.3 is 9.84 Å². The summed E-state index contributed by atoms with van der Waals surface area (Å²) in [4.78, 5) is 25.4. The Balaban J connectivity index is 1.89. The predicted molar refractivity (Wildman–Crippen MR) is 105 cm³/mol. The Hall–Kier alpha value is -2.63. The molecule has 138 valence electrons. The first-order valence-corrected chi connectivity index (χ1v) is 8.92. The molecule has 3 rings (SSSR count). The third-order valence-corrected chi connectivity index (χ3v) is 4.70. The molecule has 2 aromatic carbocycles. The van der Waals surface area contributed by atoms with Crippen LogP contribution in [0.4, 0.5) is 5.69 Å². The van der Waals surface area contributed by atoms with Crippen molar-refractivity contribution in [2.24, 2.45) is 0 Å². The first-order valence-electron chi connectivity index (χ1n) is 8.17. The van der Waals surface area contributed by atoms with E-state index in [9.17, 15) is 9.59 Å². The van der Waals surface area contributed by atoms with Crippen molar-refractivity contribution in [3.05, 3.63) is 80.7 Å². The summed E-state index contributed by atoms with van der Waals surface area (Å²) in [6.07, 6.45) is 0.0868. The van der Waals surface area contributed by atoms with Crippen molar-refractivity contribution in [1.82, 2.24) is 5.16 Å². The lowest BCUT2D eigenvalue weighted by atomic mass is 10.0. The number of nitrogens with one attached hydrogen (secondary N) is 1. The van der Waals surface area contributed by atoms with Gasteiger partial charge in [-0.25, -0.2) is 0 Å². The van der Waals surface area contributed by atoms with Crippen LogP contribution in [0, 0.1) is 13.8 Å². The lowest BCUT2D eigenvalue weighted by molar-refractivity contribution is -0.115. The second-order valence-electron chi connectivity index (χ2n) is 6.03. The van der Waals surface area contributed by atoms with Crippen molar-refractivity contribution in [2.75, 3.05) is 5.32 Å². The highest BCUT2D eigenvalue weighted by atomic mass is 35.5. The zero-order chi connectivity index (χ0) is 19.6. The molecule has 5 nitrogen and oxygen atoms in total. The number of nitrogens with zero attached hydrogens (tertiary/aromatic N) is 1. The third kappa shape index (κ3) is 4.21. The fourth-order valence-electron chi connectivity index (χ4n) is 2.71. The summed E-state index contributed by atoms with van der Waals surface area (Å²) in [7, 11) is 0. The minimum atomic E-state index is -0.323. The van der Waals surface area contributed by atoms with E-state index in [1.54, 1.807) is 50.2 Å². The smallest absolute Gasteiger partial charge is 0.229 e. The Bertz CT molecular complexity index is 1010. The van der Waals surface area contributed by atoms with Crippen LogP contribution in [-0.2, 0) is 11.2 Å². The number of hydrogen-bond donors (Lipinski definition) is 1. The molecule has 0 unspecified atom stereocenters. The van der Waals surface area contributed by atoms with E-state index in [0.29, 0.717) is 32.8 Å².